The van der Waals surface area contributed by atoms with Crippen LogP contribution in [-0.4, -0.2) is 27.4 Å². The number of aromatic hydroxyl groups is 1. The average molecular weight is 412 g/mol. The predicted molar refractivity (Wildman–Crippen MR) is 118 cm³/mol. The van der Waals surface area contributed by atoms with E-state index in [2.05, 4.69) is 20.7 Å². The third-order valence-electron chi connectivity index (χ3n) is 4.47. The van der Waals surface area contributed by atoms with E-state index in [9.17, 15) is 9.90 Å². The molecule has 1 heterocycles. The minimum Gasteiger partial charge on any atom is -0.508 e. The Kier molecular flexibility index (Phi) is 6.04. The Balaban J connectivity index is 1.35. The van der Waals surface area contributed by atoms with Crippen LogP contribution in [0.2, 0.25) is 0 Å². The summed E-state index contributed by atoms with van der Waals surface area (Å²) < 4.78 is 5.79. The normalized spacial score (nSPS) is 10.8. The summed E-state index contributed by atoms with van der Waals surface area (Å²) in [6, 6.07) is 25.7. The molecule has 1 amide bonds. The molecule has 1 aromatic heterocycles. The number of amides is 1. The van der Waals surface area contributed by atoms with Crippen molar-refractivity contribution in [1.82, 2.24) is 15.6 Å². The van der Waals surface area contributed by atoms with Crippen LogP contribution in [0.3, 0.4) is 0 Å². The zero-order valence-corrected chi connectivity index (χ0v) is 16.5. The van der Waals surface area contributed by atoms with Crippen molar-refractivity contribution in [3.8, 4) is 22.8 Å². The zero-order chi connectivity index (χ0) is 21.5. The molecule has 0 radical (unpaired) electrons. The first kappa shape index (κ1) is 19.9. The number of hydrogen-bond acceptors (Lipinski definition) is 5. The van der Waals surface area contributed by atoms with Gasteiger partial charge in [-0.3, -0.25) is 9.89 Å². The van der Waals surface area contributed by atoms with Gasteiger partial charge in [0.05, 0.1) is 11.9 Å². The molecule has 154 valence electrons. The predicted octanol–water partition coefficient (Wildman–Crippen LogP) is 4.13. The van der Waals surface area contributed by atoms with Crippen LogP contribution >= 0.6 is 0 Å². The van der Waals surface area contributed by atoms with Crippen molar-refractivity contribution in [3.63, 3.8) is 0 Å². The Morgan fingerprint density at radius 3 is 2.61 bits per heavy atom. The number of carbonyl (C=O) groups excluding carboxylic acids is 1. The largest absolute Gasteiger partial charge is 0.508 e. The van der Waals surface area contributed by atoms with Crippen LogP contribution in [0.15, 0.2) is 90.0 Å². The molecule has 0 saturated carbocycles. The van der Waals surface area contributed by atoms with Gasteiger partial charge in [0.15, 0.2) is 0 Å². The molecule has 0 aliphatic rings. The molecule has 3 N–H and O–H groups in total. The number of rotatable bonds is 7. The lowest BCUT2D eigenvalue weighted by Crippen LogP contribution is -2.17. The SMILES string of the molecule is O=C(N/N=C\c1cccc(O)c1)c1cc(-c2ccc(OCc3ccccc3)cc2)n[nH]1. The fourth-order valence-electron chi connectivity index (χ4n) is 2.88. The second-order valence-electron chi connectivity index (χ2n) is 6.76. The summed E-state index contributed by atoms with van der Waals surface area (Å²) in [4.78, 5) is 12.3. The number of nitrogens with zero attached hydrogens (tertiary/aromatic N) is 2. The summed E-state index contributed by atoms with van der Waals surface area (Å²) in [6.45, 7) is 0.496. The molecule has 7 heteroatoms. The maximum atomic E-state index is 12.3. The van der Waals surface area contributed by atoms with Crippen molar-refractivity contribution in [3.05, 3.63) is 102 Å². The summed E-state index contributed by atoms with van der Waals surface area (Å²) in [5.74, 6) is 0.463. The molecule has 0 unspecified atom stereocenters. The van der Waals surface area contributed by atoms with Gasteiger partial charge < -0.3 is 9.84 Å². The van der Waals surface area contributed by atoms with Gasteiger partial charge in [-0.05, 0) is 53.6 Å². The van der Waals surface area contributed by atoms with Gasteiger partial charge >= 0.3 is 0 Å². The standard InChI is InChI=1S/C24H20N4O3/c29-20-8-4-7-18(13-20)15-25-28-24(30)23-14-22(26-27-23)19-9-11-21(12-10-19)31-16-17-5-2-1-3-6-17/h1-15,29H,16H2,(H,26,27)(H,28,30)/b25-15-. The van der Waals surface area contributed by atoms with Crippen molar-refractivity contribution < 1.29 is 14.6 Å². The Hall–Kier alpha value is -4.39. The van der Waals surface area contributed by atoms with Gasteiger partial charge in [0, 0.05) is 5.56 Å². The van der Waals surface area contributed by atoms with Gasteiger partial charge in [-0.15, -0.1) is 0 Å². The van der Waals surface area contributed by atoms with Crippen LogP contribution in [0, 0.1) is 0 Å². The second kappa shape index (κ2) is 9.41. The number of nitrogens with one attached hydrogen (secondary N) is 2. The van der Waals surface area contributed by atoms with Gasteiger partial charge in [0.25, 0.3) is 5.91 Å². The highest BCUT2D eigenvalue weighted by molar-refractivity contribution is 5.94. The Morgan fingerprint density at radius 1 is 1.03 bits per heavy atom. The van der Waals surface area contributed by atoms with E-state index in [0.717, 1.165) is 16.9 Å². The topological polar surface area (TPSA) is 99.6 Å². The lowest BCUT2D eigenvalue weighted by molar-refractivity contribution is 0.0950. The van der Waals surface area contributed by atoms with Gasteiger partial charge in [0.2, 0.25) is 0 Å². The summed E-state index contributed by atoms with van der Waals surface area (Å²) in [5.41, 5.74) is 5.97. The van der Waals surface area contributed by atoms with Gasteiger partial charge in [-0.2, -0.15) is 10.2 Å². The molecule has 0 spiro atoms. The number of benzene rings is 3. The minimum atomic E-state index is -0.419. The smallest absolute Gasteiger partial charge is 0.289 e. The monoisotopic (exact) mass is 412 g/mol. The van der Waals surface area contributed by atoms with Crippen molar-refractivity contribution in [1.29, 1.82) is 0 Å². The third-order valence-corrected chi connectivity index (χ3v) is 4.47. The molecule has 3 aromatic carbocycles. The van der Waals surface area contributed by atoms with Crippen LogP contribution in [0.1, 0.15) is 21.6 Å². The van der Waals surface area contributed by atoms with Crippen molar-refractivity contribution in [2.24, 2.45) is 5.10 Å². The number of phenolic OH excluding ortho intramolecular Hbond substituents is 1. The fraction of sp³-hybridized carbons (Fsp3) is 0.0417. The number of H-pyrrole nitrogens is 1. The number of ether oxygens (including phenoxy) is 1. The van der Waals surface area contributed by atoms with Gasteiger partial charge in [0.1, 0.15) is 23.8 Å². The molecule has 4 rings (SSSR count). The lowest BCUT2D eigenvalue weighted by atomic mass is 10.1. The van der Waals surface area contributed by atoms with E-state index in [4.69, 9.17) is 4.74 Å². The van der Waals surface area contributed by atoms with Gasteiger partial charge in [-0.1, -0.05) is 42.5 Å². The van der Waals surface area contributed by atoms with E-state index in [1.165, 1.54) is 12.3 Å². The van der Waals surface area contributed by atoms with E-state index in [1.807, 2.05) is 54.6 Å². The van der Waals surface area contributed by atoms with Crippen LogP contribution in [-0.2, 0) is 6.61 Å². The Morgan fingerprint density at radius 2 is 1.84 bits per heavy atom. The van der Waals surface area contributed by atoms with Crippen LogP contribution in [0.25, 0.3) is 11.3 Å². The molecule has 4 aromatic rings. The van der Waals surface area contributed by atoms with E-state index in [1.54, 1.807) is 24.3 Å². The van der Waals surface area contributed by atoms with Gasteiger partial charge in [-0.25, -0.2) is 5.43 Å². The van der Waals surface area contributed by atoms with Crippen molar-refractivity contribution >= 4 is 12.1 Å². The van der Waals surface area contributed by atoms with Crippen LogP contribution in [0.5, 0.6) is 11.5 Å². The molecule has 0 aliphatic heterocycles. The Bertz CT molecular complexity index is 1180. The maximum absolute atomic E-state index is 12.3. The van der Waals surface area contributed by atoms with E-state index < -0.39 is 5.91 Å². The molecule has 0 atom stereocenters. The van der Waals surface area contributed by atoms with E-state index >= 15 is 0 Å². The highest BCUT2D eigenvalue weighted by Crippen LogP contribution is 2.22. The first-order valence-electron chi connectivity index (χ1n) is 9.62. The Labute approximate surface area is 179 Å². The van der Waals surface area contributed by atoms with Crippen LogP contribution in [0.4, 0.5) is 0 Å². The second-order valence-corrected chi connectivity index (χ2v) is 6.76. The number of hydrazone groups is 1. The molecule has 0 fully saturated rings. The molecular weight excluding hydrogens is 392 g/mol. The molecular formula is C24H20N4O3. The molecule has 0 bridgehead atoms. The number of phenols is 1. The molecule has 0 saturated heterocycles. The summed E-state index contributed by atoms with van der Waals surface area (Å²) in [7, 11) is 0. The molecule has 31 heavy (non-hydrogen) atoms. The zero-order valence-electron chi connectivity index (χ0n) is 16.5. The fourth-order valence-corrected chi connectivity index (χ4v) is 2.88. The number of aromatic nitrogens is 2. The first-order valence-corrected chi connectivity index (χ1v) is 9.62. The van der Waals surface area contributed by atoms with E-state index in [-0.39, 0.29) is 11.4 Å². The average Bonchev–Trinajstić information content (AvgIpc) is 3.29. The molecule has 0 aliphatic carbocycles. The number of carbonyl (C=O) groups is 1. The summed E-state index contributed by atoms with van der Waals surface area (Å²) >= 11 is 0. The molecule has 7 nitrogen and oxygen atoms in total. The lowest BCUT2D eigenvalue weighted by Gasteiger charge is -2.06. The van der Waals surface area contributed by atoms with Crippen molar-refractivity contribution in [2.45, 2.75) is 6.61 Å². The van der Waals surface area contributed by atoms with Crippen molar-refractivity contribution in [2.75, 3.05) is 0 Å². The number of aromatic amines is 1. The maximum Gasteiger partial charge on any atom is 0.289 e. The van der Waals surface area contributed by atoms with E-state index in [0.29, 0.717) is 17.9 Å². The van der Waals surface area contributed by atoms with Crippen LogP contribution < -0.4 is 10.2 Å². The minimum absolute atomic E-state index is 0.130. The summed E-state index contributed by atoms with van der Waals surface area (Å²) in [6.07, 6.45) is 1.45. The quantitative estimate of drug-likeness (QED) is 0.314. The highest BCUT2D eigenvalue weighted by atomic mass is 16.5. The number of hydrogen-bond donors (Lipinski definition) is 3. The summed E-state index contributed by atoms with van der Waals surface area (Å²) in [5, 5.41) is 20.3. The third kappa shape index (κ3) is 5.36. The first-order chi connectivity index (χ1) is 15.2. The highest BCUT2D eigenvalue weighted by Gasteiger charge is 2.10.